The lowest BCUT2D eigenvalue weighted by atomic mass is 9.66. The molecule has 0 spiro atoms. The van der Waals surface area contributed by atoms with Gasteiger partial charge in [-0.15, -0.1) is 0 Å². The first-order valence-corrected chi connectivity index (χ1v) is 26.8. The molecule has 0 saturated heterocycles. The van der Waals surface area contributed by atoms with E-state index in [9.17, 15) is 0 Å². The van der Waals surface area contributed by atoms with E-state index in [-0.39, 0.29) is 43.3 Å². The van der Waals surface area contributed by atoms with E-state index in [1.54, 1.807) is 0 Å². The lowest BCUT2D eigenvalue weighted by Crippen LogP contribution is -2.30. The summed E-state index contributed by atoms with van der Waals surface area (Å²) in [7, 11) is 0. The summed E-state index contributed by atoms with van der Waals surface area (Å²) in [5.74, 6) is 0. The topological polar surface area (TPSA) is 6.48 Å². The Morgan fingerprint density at radius 1 is 0.264 bits per heavy atom. The van der Waals surface area contributed by atoms with Gasteiger partial charge in [0.05, 0.1) is 11.4 Å². The minimum Gasteiger partial charge on any atom is -0.309 e. The van der Waals surface area contributed by atoms with E-state index in [0.717, 1.165) is 22.7 Å². The molecule has 72 heavy (non-hydrogen) atoms. The highest BCUT2D eigenvalue weighted by molar-refractivity contribution is 6.24. The zero-order valence-electron chi connectivity index (χ0n) is 47.8. The predicted octanol–water partition coefficient (Wildman–Crippen LogP) is 20.4. The van der Waals surface area contributed by atoms with Gasteiger partial charge >= 0.3 is 0 Å². The molecule has 0 fully saturated rings. The van der Waals surface area contributed by atoms with Gasteiger partial charge in [-0.1, -0.05) is 211 Å². The molecule has 0 unspecified atom stereocenters. The highest BCUT2D eigenvalue weighted by Crippen LogP contribution is 2.56. The van der Waals surface area contributed by atoms with Gasteiger partial charge in [0, 0.05) is 66.0 Å². The molecule has 0 N–H and O–H groups in total. The number of allylic oxidation sites excluding steroid dienone is 4. The summed E-state index contributed by atoms with van der Waals surface area (Å²) in [6.07, 6.45) is 9.79. The summed E-state index contributed by atoms with van der Waals surface area (Å²) in [5.41, 5.74) is 17.0. The van der Waals surface area contributed by atoms with Crippen LogP contribution in [-0.2, 0) is 43.3 Å². The third kappa shape index (κ3) is 9.04. The van der Waals surface area contributed by atoms with Crippen LogP contribution in [0.1, 0.15) is 183 Å². The van der Waals surface area contributed by atoms with Gasteiger partial charge in [0.25, 0.3) is 0 Å². The first-order valence-electron chi connectivity index (χ1n) is 26.8. The molecule has 2 aliphatic carbocycles. The number of hydrogen-bond acceptors (Lipinski definition) is 2. The van der Waals surface area contributed by atoms with E-state index in [2.05, 4.69) is 294 Å². The minimum absolute atomic E-state index is 0.00825. The average Bonchev–Trinajstić information content (AvgIpc) is 3.29. The van der Waals surface area contributed by atoms with Crippen molar-refractivity contribution in [3.8, 4) is 0 Å². The fraction of sp³-hybridized carbons (Fsp3) is 0.400. The molecule has 0 amide bonds. The molecule has 2 heteroatoms. The second kappa shape index (κ2) is 16.8. The number of nitrogens with zero attached hydrogens (tertiary/aromatic N) is 2. The Bertz CT molecular complexity index is 2830. The van der Waals surface area contributed by atoms with Crippen molar-refractivity contribution in [2.75, 3.05) is 9.80 Å². The van der Waals surface area contributed by atoms with Crippen molar-refractivity contribution in [1.82, 2.24) is 0 Å². The van der Waals surface area contributed by atoms with Crippen molar-refractivity contribution in [1.29, 1.82) is 0 Å². The van der Waals surface area contributed by atoms with Crippen molar-refractivity contribution >= 4 is 55.7 Å². The van der Waals surface area contributed by atoms with E-state index in [4.69, 9.17) is 0 Å². The molecule has 9 rings (SSSR count). The molecular formula is C70H84N2. The molecule has 2 nitrogen and oxygen atoms in total. The van der Waals surface area contributed by atoms with Crippen LogP contribution >= 0.6 is 0 Å². The van der Waals surface area contributed by atoms with Crippen molar-refractivity contribution in [2.45, 2.75) is 182 Å². The molecular weight excluding hydrogens is 869 g/mol. The smallest absolute Gasteiger partial charge is 0.0620 e. The summed E-state index contributed by atoms with van der Waals surface area (Å²) < 4.78 is 0. The summed E-state index contributed by atoms with van der Waals surface area (Å²) >= 11 is 0. The maximum absolute atomic E-state index is 2.60. The minimum atomic E-state index is -0.198. The van der Waals surface area contributed by atoms with Crippen LogP contribution in [0.25, 0.3) is 21.5 Å². The Kier molecular flexibility index (Phi) is 11.9. The fourth-order valence-electron chi connectivity index (χ4n) is 11.3. The molecule has 7 aromatic rings. The highest BCUT2D eigenvalue weighted by Gasteiger charge is 2.38. The molecule has 0 heterocycles. The zero-order valence-corrected chi connectivity index (χ0v) is 47.8. The molecule has 0 bridgehead atoms. The largest absolute Gasteiger partial charge is 0.309 e. The number of anilines is 6. The van der Waals surface area contributed by atoms with Crippen LogP contribution in [0.5, 0.6) is 0 Å². The Morgan fingerprint density at radius 3 is 0.583 bits per heavy atom. The molecule has 7 aromatic carbocycles. The third-order valence-corrected chi connectivity index (χ3v) is 16.4. The van der Waals surface area contributed by atoms with Crippen LogP contribution in [0.3, 0.4) is 0 Å². The standard InChI is InChI=1S/C70H84N2/c1-63(2,3)45-21-29-49(30-22-45)71(50-31-23-46(24-32-50)64(4,5)6)61-53-41-57-59(69(17,18)39-37-67(57,13)14)43-55(53)62(56-44-60-58(42-54(56)61)68(15,16)38-40-70(60,19)20)72(51-33-25-47(26-34-51)65(7,8)9)52-35-27-48(28-36-52)66(10,11)12/h21-44H,1-20H3. The molecule has 374 valence electrons. The van der Waals surface area contributed by atoms with Gasteiger partial charge in [0.2, 0.25) is 0 Å². The number of fused-ring (bicyclic) bond motifs is 4. The van der Waals surface area contributed by atoms with E-state index in [1.807, 2.05) is 0 Å². The van der Waals surface area contributed by atoms with Gasteiger partial charge in [0.1, 0.15) is 0 Å². The highest BCUT2D eigenvalue weighted by atomic mass is 15.2. The predicted molar refractivity (Wildman–Crippen MR) is 316 cm³/mol. The molecule has 2 aliphatic rings. The molecule has 0 aliphatic heterocycles. The summed E-state index contributed by atoms with van der Waals surface area (Å²) in [5, 5.41) is 4.95. The Balaban J connectivity index is 1.54. The van der Waals surface area contributed by atoms with Gasteiger partial charge < -0.3 is 9.80 Å². The van der Waals surface area contributed by atoms with E-state index in [1.165, 1.54) is 77.4 Å². The van der Waals surface area contributed by atoms with Gasteiger partial charge in [-0.05, 0) is 139 Å². The normalized spacial score (nSPS) is 16.9. The van der Waals surface area contributed by atoms with Gasteiger partial charge in [0.15, 0.2) is 0 Å². The number of rotatable bonds is 6. The molecule has 0 saturated carbocycles. The first-order chi connectivity index (χ1) is 33.2. The Labute approximate surface area is 435 Å². The third-order valence-electron chi connectivity index (χ3n) is 16.4. The maximum atomic E-state index is 2.60. The lowest BCUT2D eigenvalue weighted by Gasteiger charge is -2.40. The van der Waals surface area contributed by atoms with E-state index >= 15 is 0 Å². The Morgan fingerprint density at radius 2 is 0.431 bits per heavy atom. The van der Waals surface area contributed by atoms with Crippen molar-refractivity contribution in [3.05, 3.63) is 190 Å². The summed E-state index contributed by atoms with van der Waals surface area (Å²) in [6.45, 7) is 46.9. The van der Waals surface area contributed by atoms with Crippen LogP contribution in [0, 0.1) is 0 Å². The molecule has 0 atom stereocenters. The monoisotopic (exact) mass is 953 g/mol. The first kappa shape index (κ1) is 51.1. The molecule has 0 radical (unpaired) electrons. The average molecular weight is 953 g/mol. The zero-order chi connectivity index (χ0) is 52.5. The maximum Gasteiger partial charge on any atom is 0.0620 e. The Hall–Kier alpha value is -5.86. The van der Waals surface area contributed by atoms with Crippen LogP contribution < -0.4 is 9.80 Å². The van der Waals surface area contributed by atoms with Crippen molar-refractivity contribution in [3.63, 3.8) is 0 Å². The molecule has 0 aromatic heterocycles. The van der Waals surface area contributed by atoms with E-state index < -0.39 is 0 Å². The van der Waals surface area contributed by atoms with Gasteiger partial charge in [-0.25, -0.2) is 0 Å². The van der Waals surface area contributed by atoms with Crippen LogP contribution in [0.15, 0.2) is 146 Å². The van der Waals surface area contributed by atoms with Crippen molar-refractivity contribution < 1.29 is 0 Å². The van der Waals surface area contributed by atoms with Crippen LogP contribution in [0.2, 0.25) is 0 Å². The summed E-state index contributed by atoms with van der Waals surface area (Å²) in [6, 6.07) is 48.2. The second-order valence-electron chi connectivity index (χ2n) is 28.0. The van der Waals surface area contributed by atoms with Gasteiger partial charge in [-0.2, -0.15) is 0 Å². The quantitative estimate of drug-likeness (QED) is 0.0931. The fourth-order valence-corrected chi connectivity index (χ4v) is 11.3. The lowest BCUT2D eigenvalue weighted by molar-refractivity contribution is 0.564. The number of hydrogen-bond donors (Lipinski definition) is 0. The van der Waals surface area contributed by atoms with Gasteiger partial charge in [-0.3, -0.25) is 0 Å². The summed E-state index contributed by atoms with van der Waals surface area (Å²) in [4.78, 5) is 5.20. The van der Waals surface area contributed by atoms with Crippen LogP contribution in [0.4, 0.5) is 34.1 Å². The second-order valence-corrected chi connectivity index (χ2v) is 28.0. The van der Waals surface area contributed by atoms with Crippen molar-refractivity contribution in [2.24, 2.45) is 0 Å². The van der Waals surface area contributed by atoms with Crippen LogP contribution in [-0.4, -0.2) is 0 Å². The SMILES string of the molecule is CC(C)(C)c1ccc(N(c2ccc(C(C)(C)C)cc2)c2c3cc4c(cc3c(N(c3ccc(C(C)(C)C)cc3)c3ccc(C(C)(C)C)cc3)c3cc5c(cc23)C(C)(C)C=CC5(C)C)C(C)(C)C=CC4(C)C)cc1. The van der Waals surface area contributed by atoms with E-state index in [0.29, 0.717) is 0 Å². The number of benzene rings is 7.